The second kappa shape index (κ2) is 17.2. The van der Waals surface area contributed by atoms with Gasteiger partial charge in [-0.15, -0.1) is 0 Å². The van der Waals surface area contributed by atoms with Crippen LogP contribution < -0.4 is 0 Å². The van der Waals surface area contributed by atoms with Crippen molar-refractivity contribution in [3.8, 4) is 84.6 Å². The number of para-hydroxylation sites is 1. The molecule has 0 bridgehead atoms. The van der Waals surface area contributed by atoms with Crippen molar-refractivity contribution in [1.82, 2.24) is 24.5 Å². The van der Waals surface area contributed by atoms with Crippen LogP contribution in [0.15, 0.2) is 212 Å². The van der Waals surface area contributed by atoms with Crippen LogP contribution in [0.25, 0.3) is 106 Å². The number of nitrogens with zero attached hydrogens (tertiary/aromatic N) is 5. The van der Waals surface area contributed by atoms with Gasteiger partial charge in [-0.2, -0.15) is 26.3 Å². The molecular weight excluding hydrogens is 881 g/mol. The zero-order valence-corrected chi connectivity index (χ0v) is 36.2. The van der Waals surface area contributed by atoms with E-state index in [0.29, 0.717) is 50.8 Å². The lowest BCUT2D eigenvalue weighted by Gasteiger charge is -2.17. The van der Waals surface area contributed by atoms with Crippen molar-refractivity contribution < 1.29 is 26.3 Å². The summed E-state index contributed by atoms with van der Waals surface area (Å²) in [5.41, 5.74) is 6.87. The zero-order valence-electron chi connectivity index (χ0n) is 36.2. The Morgan fingerprint density at radius 3 is 1.20 bits per heavy atom. The highest BCUT2D eigenvalue weighted by atomic mass is 19.4. The van der Waals surface area contributed by atoms with Crippen LogP contribution in [-0.2, 0) is 12.4 Å². The summed E-state index contributed by atoms with van der Waals surface area (Å²) in [6.45, 7) is 0. The largest absolute Gasteiger partial charge is 0.416 e. The molecule has 11 rings (SSSR count). The van der Waals surface area contributed by atoms with Gasteiger partial charge in [0, 0.05) is 44.2 Å². The third kappa shape index (κ3) is 8.39. The van der Waals surface area contributed by atoms with E-state index < -0.39 is 23.5 Å². The second-order valence-electron chi connectivity index (χ2n) is 16.5. The maximum atomic E-state index is 14.1. The molecule has 0 radical (unpaired) electrons. The summed E-state index contributed by atoms with van der Waals surface area (Å²) < 4.78 is 86.4. The van der Waals surface area contributed by atoms with Crippen LogP contribution in [0.1, 0.15) is 11.1 Å². The van der Waals surface area contributed by atoms with Crippen LogP contribution in [0.3, 0.4) is 0 Å². The topological polar surface area (TPSA) is 56.5 Å². The average molecular weight is 916 g/mol. The van der Waals surface area contributed by atoms with Gasteiger partial charge in [-0.25, -0.2) is 19.9 Å². The summed E-state index contributed by atoms with van der Waals surface area (Å²) in [4.78, 5) is 20.8. The quantitative estimate of drug-likeness (QED) is 0.143. The minimum Gasteiger partial charge on any atom is -0.309 e. The van der Waals surface area contributed by atoms with Gasteiger partial charge < -0.3 is 4.57 Å². The molecule has 0 spiro atoms. The SMILES string of the molecule is FC(F)(F)c1cc(-c2ccc3c(c2)c2ccccc2n3-c2ccc(-c3nc(-c4ccccc4)cc(-c4ccccc4)n3)cc2-c2nc(-c3ccccc3)cc(-c3ccccc3)n2)cc(C(F)(F)F)c1. The molecule has 69 heavy (non-hydrogen) atoms. The summed E-state index contributed by atoms with van der Waals surface area (Å²) in [5, 5.41) is 1.34. The number of aromatic nitrogens is 5. The smallest absolute Gasteiger partial charge is 0.309 e. The van der Waals surface area contributed by atoms with E-state index in [1.807, 2.05) is 180 Å². The van der Waals surface area contributed by atoms with Crippen molar-refractivity contribution in [2.75, 3.05) is 0 Å². The number of hydrogen-bond acceptors (Lipinski definition) is 4. The van der Waals surface area contributed by atoms with Crippen LogP contribution in [-0.4, -0.2) is 24.5 Å². The minimum absolute atomic E-state index is 0.141. The average Bonchev–Trinajstić information content (AvgIpc) is 3.72. The fourth-order valence-electron chi connectivity index (χ4n) is 8.75. The van der Waals surface area contributed by atoms with Gasteiger partial charge in [-0.05, 0) is 77.9 Å². The normalized spacial score (nSPS) is 11.9. The van der Waals surface area contributed by atoms with E-state index in [9.17, 15) is 26.3 Å². The summed E-state index contributed by atoms with van der Waals surface area (Å²) in [7, 11) is 0. The minimum atomic E-state index is -5.00. The van der Waals surface area contributed by atoms with Crippen molar-refractivity contribution >= 4 is 21.8 Å². The van der Waals surface area contributed by atoms with Gasteiger partial charge in [0.05, 0.1) is 50.6 Å². The lowest BCUT2D eigenvalue weighted by molar-refractivity contribution is -0.143. The number of rotatable bonds is 8. The number of benzene rings is 8. The molecule has 5 nitrogen and oxygen atoms in total. The van der Waals surface area contributed by atoms with Crippen molar-refractivity contribution in [2.24, 2.45) is 0 Å². The van der Waals surface area contributed by atoms with Gasteiger partial charge in [0.25, 0.3) is 0 Å². The van der Waals surface area contributed by atoms with E-state index in [-0.39, 0.29) is 17.2 Å². The van der Waals surface area contributed by atoms with Crippen LogP contribution in [0.2, 0.25) is 0 Å². The van der Waals surface area contributed by atoms with Crippen LogP contribution in [0.5, 0.6) is 0 Å². The third-order valence-corrected chi connectivity index (χ3v) is 12.1. The van der Waals surface area contributed by atoms with Crippen molar-refractivity contribution in [3.63, 3.8) is 0 Å². The highest BCUT2D eigenvalue weighted by Crippen LogP contribution is 2.43. The molecule has 0 aliphatic heterocycles. The lowest BCUT2D eigenvalue weighted by atomic mass is 9.97. The van der Waals surface area contributed by atoms with Gasteiger partial charge in [-0.1, -0.05) is 146 Å². The first kappa shape index (κ1) is 42.9. The number of hydrogen-bond donors (Lipinski definition) is 0. The lowest BCUT2D eigenvalue weighted by Crippen LogP contribution is -2.11. The van der Waals surface area contributed by atoms with E-state index >= 15 is 0 Å². The molecular formula is C58H35F6N5. The molecule has 0 saturated carbocycles. The number of alkyl halides is 6. The molecule has 11 aromatic rings. The van der Waals surface area contributed by atoms with E-state index in [4.69, 9.17) is 19.9 Å². The molecule has 0 unspecified atom stereocenters. The summed E-state index contributed by atoms with van der Waals surface area (Å²) in [5.74, 6) is 0.845. The first-order chi connectivity index (χ1) is 33.4. The molecule has 0 atom stereocenters. The summed E-state index contributed by atoms with van der Waals surface area (Å²) in [6, 6.07) is 63.2. The molecule has 11 heteroatoms. The van der Waals surface area contributed by atoms with Gasteiger partial charge >= 0.3 is 12.4 Å². The molecule has 3 aromatic heterocycles. The summed E-state index contributed by atoms with van der Waals surface area (Å²) in [6.07, 6.45) is -10.0. The molecule has 0 fully saturated rings. The fraction of sp³-hybridized carbons (Fsp3) is 0.0345. The Bertz CT molecular complexity index is 3540. The monoisotopic (exact) mass is 915 g/mol. The Labute approximate surface area is 391 Å². The second-order valence-corrected chi connectivity index (χ2v) is 16.5. The van der Waals surface area contributed by atoms with Crippen LogP contribution in [0, 0.1) is 0 Å². The maximum Gasteiger partial charge on any atom is 0.416 e. The standard InChI is InChI=1S/C58H35F6N5/c59-57(60,61)43-29-42(30-44(33-43)58(62,63)64)40-25-27-53-46(31-40)45-23-13-14-24-52(45)69(53)54-28-26-41(55-65-48(36-15-5-1-6-16-36)34-49(66-55)37-17-7-2-8-18-37)32-47(54)56-67-50(38-19-9-3-10-20-38)35-51(68-56)39-21-11-4-12-22-39/h1-35H. The highest BCUT2D eigenvalue weighted by molar-refractivity contribution is 6.11. The van der Waals surface area contributed by atoms with E-state index in [2.05, 4.69) is 0 Å². The van der Waals surface area contributed by atoms with E-state index in [1.54, 1.807) is 18.2 Å². The maximum absolute atomic E-state index is 14.1. The molecule has 0 amide bonds. The highest BCUT2D eigenvalue weighted by Gasteiger charge is 2.37. The van der Waals surface area contributed by atoms with Crippen LogP contribution >= 0.6 is 0 Å². The first-order valence-electron chi connectivity index (χ1n) is 21.9. The van der Waals surface area contributed by atoms with Gasteiger partial charge in [0.2, 0.25) is 0 Å². The zero-order chi connectivity index (χ0) is 47.3. The first-order valence-corrected chi connectivity index (χ1v) is 21.9. The fourth-order valence-corrected chi connectivity index (χ4v) is 8.75. The molecule has 334 valence electrons. The Kier molecular flexibility index (Phi) is 10.7. The Hall–Kier alpha value is -8.70. The number of halogens is 6. The van der Waals surface area contributed by atoms with Gasteiger partial charge in [0.15, 0.2) is 11.6 Å². The molecule has 8 aromatic carbocycles. The molecule has 0 N–H and O–H groups in total. The number of fused-ring (bicyclic) bond motifs is 3. The summed E-state index contributed by atoms with van der Waals surface area (Å²) >= 11 is 0. The van der Waals surface area contributed by atoms with Crippen molar-refractivity contribution in [3.05, 3.63) is 223 Å². The Morgan fingerprint density at radius 1 is 0.304 bits per heavy atom. The molecule has 0 aliphatic carbocycles. The van der Waals surface area contributed by atoms with Gasteiger partial charge in [0.1, 0.15) is 0 Å². The van der Waals surface area contributed by atoms with Crippen LogP contribution in [0.4, 0.5) is 26.3 Å². The Morgan fingerprint density at radius 2 is 0.725 bits per heavy atom. The predicted molar refractivity (Wildman–Crippen MR) is 260 cm³/mol. The van der Waals surface area contributed by atoms with Crippen molar-refractivity contribution in [1.29, 1.82) is 0 Å². The Balaban J connectivity index is 1.18. The van der Waals surface area contributed by atoms with Gasteiger partial charge in [-0.3, -0.25) is 0 Å². The van der Waals surface area contributed by atoms with Crippen molar-refractivity contribution in [2.45, 2.75) is 12.4 Å². The predicted octanol–water partition coefficient (Wildman–Crippen LogP) is 16.1. The molecule has 0 saturated heterocycles. The van der Waals surface area contributed by atoms with E-state index in [0.717, 1.165) is 56.7 Å². The van der Waals surface area contributed by atoms with E-state index in [1.165, 1.54) is 0 Å². The third-order valence-electron chi connectivity index (χ3n) is 12.1. The molecule has 3 heterocycles. The molecule has 0 aliphatic rings.